The Balaban J connectivity index is 1.49. The summed E-state index contributed by atoms with van der Waals surface area (Å²) in [6.45, 7) is 5.52. The predicted octanol–water partition coefficient (Wildman–Crippen LogP) is 2.44. The number of amides is 1. The standard InChI is InChI=1S/C24H28N3O2/c1-16-12-18(9-10-20(16)24(25)29)23(28)22-21-14-26-13-19(21)15-27(22)11-5-8-17-6-3-2-4-7-17/h2-4,6-10,12,19,21-22,26H,5,11,13-15H2,1H3,(H2,25,29)/t19?,21-,22+/m1/s1. The van der Waals surface area contributed by atoms with Gasteiger partial charge in [-0.05, 0) is 68.0 Å². The summed E-state index contributed by atoms with van der Waals surface area (Å²) in [6.07, 6.45) is 3.15. The van der Waals surface area contributed by atoms with Gasteiger partial charge in [-0.1, -0.05) is 36.4 Å². The van der Waals surface area contributed by atoms with Crippen LogP contribution in [0.2, 0.25) is 0 Å². The first-order valence-corrected chi connectivity index (χ1v) is 10.3. The summed E-state index contributed by atoms with van der Waals surface area (Å²) in [5.74, 6) is 0.558. The summed E-state index contributed by atoms with van der Waals surface area (Å²) in [7, 11) is 0. The van der Waals surface area contributed by atoms with Gasteiger partial charge in [0.2, 0.25) is 5.91 Å². The maximum absolute atomic E-state index is 13.5. The molecule has 2 saturated heterocycles. The lowest BCUT2D eigenvalue weighted by Gasteiger charge is -2.27. The fraction of sp³-hybridized carbons (Fsp3) is 0.375. The van der Waals surface area contributed by atoms with E-state index < -0.39 is 5.91 Å². The van der Waals surface area contributed by atoms with Gasteiger partial charge in [-0.3, -0.25) is 14.5 Å². The van der Waals surface area contributed by atoms with Gasteiger partial charge >= 0.3 is 0 Å². The molecule has 29 heavy (non-hydrogen) atoms. The number of aryl methyl sites for hydroxylation is 1. The van der Waals surface area contributed by atoms with Gasteiger partial charge in [-0.25, -0.2) is 0 Å². The number of hydrogen-bond donors (Lipinski definition) is 2. The second-order valence-corrected chi connectivity index (χ2v) is 8.18. The molecule has 151 valence electrons. The van der Waals surface area contributed by atoms with Gasteiger partial charge in [0.25, 0.3) is 0 Å². The molecule has 0 aromatic heterocycles. The number of nitrogens with two attached hydrogens (primary N) is 1. The van der Waals surface area contributed by atoms with E-state index >= 15 is 0 Å². The first-order valence-electron chi connectivity index (χ1n) is 10.3. The Labute approximate surface area is 172 Å². The van der Waals surface area contributed by atoms with Crippen LogP contribution in [0.1, 0.15) is 38.3 Å². The van der Waals surface area contributed by atoms with E-state index in [0.717, 1.165) is 38.2 Å². The predicted molar refractivity (Wildman–Crippen MR) is 114 cm³/mol. The van der Waals surface area contributed by atoms with E-state index in [-0.39, 0.29) is 11.8 Å². The number of ketones is 1. The van der Waals surface area contributed by atoms with Gasteiger partial charge < -0.3 is 11.1 Å². The van der Waals surface area contributed by atoms with Gasteiger partial charge in [0, 0.05) is 24.2 Å². The molecule has 4 rings (SSSR count). The molecule has 1 amide bonds. The lowest BCUT2D eigenvalue weighted by molar-refractivity contribution is 0.0833. The Morgan fingerprint density at radius 3 is 2.69 bits per heavy atom. The van der Waals surface area contributed by atoms with E-state index in [1.165, 1.54) is 5.56 Å². The van der Waals surface area contributed by atoms with E-state index in [9.17, 15) is 9.59 Å². The number of nitrogens with zero attached hydrogens (tertiary/aromatic N) is 1. The summed E-state index contributed by atoms with van der Waals surface area (Å²) >= 11 is 0. The van der Waals surface area contributed by atoms with Crippen molar-refractivity contribution in [2.75, 3.05) is 26.2 Å². The van der Waals surface area contributed by atoms with Crippen molar-refractivity contribution in [3.05, 3.63) is 77.2 Å². The highest BCUT2D eigenvalue weighted by atomic mass is 16.1. The number of hydrogen-bond acceptors (Lipinski definition) is 4. The molecule has 3 N–H and O–H groups in total. The fourth-order valence-corrected chi connectivity index (χ4v) is 4.85. The van der Waals surface area contributed by atoms with Crippen molar-refractivity contribution in [1.29, 1.82) is 0 Å². The van der Waals surface area contributed by atoms with E-state index in [2.05, 4.69) is 28.8 Å². The number of nitrogens with one attached hydrogen (secondary N) is 1. The highest BCUT2D eigenvalue weighted by Crippen LogP contribution is 2.35. The Morgan fingerprint density at radius 1 is 1.17 bits per heavy atom. The van der Waals surface area contributed by atoms with Crippen LogP contribution in [-0.2, 0) is 0 Å². The molecule has 0 aliphatic carbocycles. The van der Waals surface area contributed by atoms with Crippen molar-refractivity contribution < 1.29 is 9.59 Å². The van der Waals surface area contributed by atoms with Crippen LogP contribution in [0, 0.1) is 25.2 Å². The average Bonchev–Trinajstić information content (AvgIpc) is 3.29. The molecular weight excluding hydrogens is 362 g/mol. The smallest absolute Gasteiger partial charge is 0.248 e. The summed E-state index contributed by atoms with van der Waals surface area (Å²) in [4.78, 5) is 27.3. The number of Topliss-reactive ketones (excluding diaryl/α,β-unsaturated/α-hetero) is 1. The van der Waals surface area contributed by atoms with E-state index in [1.54, 1.807) is 12.1 Å². The first kappa shape index (κ1) is 19.8. The third-order valence-electron chi connectivity index (χ3n) is 6.30. The summed E-state index contributed by atoms with van der Waals surface area (Å²) in [6, 6.07) is 15.4. The molecule has 1 radical (unpaired) electrons. The molecule has 5 nitrogen and oxygen atoms in total. The van der Waals surface area contributed by atoms with E-state index in [4.69, 9.17) is 5.73 Å². The highest BCUT2D eigenvalue weighted by molar-refractivity contribution is 6.02. The van der Waals surface area contributed by atoms with Crippen molar-refractivity contribution in [2.45, 2.75) is 19.4 Å². The maximum atomic E-state index is 13.5. The minimum absolute atomic E-state index is 0.113. The van der Waals surface area contributed by atoms with Crippen LogP contribution >= 0.6 is 0 Å². The van der Waals surface area contributed by atoms with Gasteiger partial charge in [0.15, 0.2) is 5.78 Å². The number of carbonyl (C=O) groups is 2. The Morgan fingerprint density at radius 2 is 1.97 bits per heavy atom. The molecule has 2 aromatic rings. The van der Waals surface area contributed by atoms with Crippen LogP contribution < -0.4 is 11.1 Å². The van der Waals surface area contributed by atoms with Crippen molar-refractivity contribution >= 4 is 11.7 Å². The Bertz CT molecular complexity index is 896. The van der Waals surface area contributed by atoms with Gasteiger partial charge in [0.1, 0.15) is 0 Å². The topological polar surface area (TPSA) is 75.4 Å². The molecular formula is C24H28N3O2. The zero-order valence-corrected chi connectivity index (χ0v) is 16.8. The average molecular weight is 391 g/mol. The van der Waals surface area contributed by atoms with Crippen molar-refractivity contribution in [3.63, 3.8) is 0 Å². The third kappa shape index (κ3) is 4.11. The normalized spacial score (nSPS) is 23.8. The molecule has 2 fully saturated rings. The van der Waals surface area contributed by atoms with Crippen LogP contribution in [0.5, 0.6) is 0 Å². The van der Waals surface area contributed by atoms with Gasteiger partial charge in [0.05, 0.1) is 6.04 Å². The van der Waals surface area contributed by atoms with Crippen LogP contribution in [0.15, 0.2) is 48.5 Å². The minimum atomic E-state index is -0.458. The van der Waals surface area contributed by atoms with Crippen LogP contribution in [-0.4, -0.2) is 48.8 Å². The molecule has 2 aromatic carbocycles. The fourth-order valence-electron chi connectivity index (χ4n) is 4.85. The summed E-state index contributed by atoms with van der Waals surface area (Å²) < 4.78 is 0. The van der Waals surface area contributed by atoms with Crippen molar-refractivity contribution in [3.8, 4) is 0 Å². The molecule has 0 bridgehead atoms. The Hall–Kier alpha value is -2.50. The lowest BCUT2D eigenvalue weighted by atomic mass is 9.88. The molecule has 2 aliphatic heterocycles. The molecule has 3 atom stereocenters. The van der Waals surface area contributed by atoms with E-state index in [0.29, 0.717) is 23.0 Å². The number of likely N-dealkylation sites (tertiary alicyclic amines) is 1. The lowest BCUT2D eigenvalue weighted by Crippen LogP contribution is -2.42. The highest BCUT2D eigenvalue weighted by Gasteiger charge is 2.47. The number of benzene rings is 2. The third-order valence-corrected chi connectivity index (χ3v) is 6.30. The van der Waals surface area contributed by atoms with Gasteiger partial charge in [-0.2, -0.15) is 0 Å². The molecule has 2 aliphatic rings. The first-order chi connectivity index (χ1) is 14.0. The molecule has 5 heteroatoms. The van der Waals surface area contributed by atoms with Gasteiger partial charge in [-0.15, -0.1) is 0 Å². The summed E-state index contributed by atoms with van der Waals surface area (Å²) in [5.41, 5.74) is 8.53. The SMILES string of the molecule is Cc1cc(C(=O)[C@@H]2[C@@H]3CNCC3CN2CC[CH]c2ccccc2)ccc1C(N)=O. The zero-order chi connectivity index (χ0) is 20.4. The quantitative estimate of drug-likeness (QED) is 0.712. The number of primary amides is 1. The number of carbonyl (C=O) groups excluding carboxylic acids is 2. The van der Waals surface area contributed by atoms with Crippen LogP contribution in [0.4, 0.5) is 0 Å². The van der Waals surface area contributed by atoms with Crippen molar-refractivity contribution in [1.82, 2.24) is 10.2 Å². The second-order valence-electron chi connectivity index (χ2n) is 8.18. The molecule has 1 unspecified atom stereocenters. The molecule has 0 saturated carbocycles. The largest absolute Gasteiger partial charge is 0.366 e. The minimum Gasteiger partial charge on any atom is -0.366 e. The maximum Gasteiger partial charge on any atom is 0.248 e. The van der Waals surface area contributed by atoms with Crippen molar-refractivity contribution in [2.24, 2.45) is 17.6 Å². The molecule has 2 heterocycles. The van der Waals surface area contributed by atoms with Crippen LogP contribution in [0.3, 0.4) is 0 Å². The van der Waals surface area contributed by atoms with Crippen LogP contribution in [0.25, 0.3) is 0 Å². The number of fused-ring (bicyclic) bond motifs is 1. The Kier molecular flexibility index (Phi) is 5.79. The summed E-state index contributed by atoms with van der Waals surface area (Å²) in [5, 5.41) is 3.45. The monoisotopic (exact) mass is 390 g/mol. The molecule has 0 spiro atoms. The van der Waals surface area contributed by atoms with E-state index in [1.807, 2.05) is 31.2 Å². The zero-order valence-electron chi connectivity index (χ0n) is 16.8. The second kappa shape index (κ2) is 8.47. The number of rotatable bonds is 7.